The highest BCUT2D eigenvalue weighted by Gasteiger charge is 2.06. The molecule has 0 radical (unpaired) electrons. The molecule has 0 unspecified atom stereocenters. The van der Waals surface area contributed by atoms with Crippen molar-refractivity contribution in [2.75, 3.05) is 0 Å². The Kier molecular flexibility index (Phi) is 4.53. The molecule has 0 spiro atoms. The smallest absolute Gasteiger partial charge is 0.269 e. The van der Waals surface area contributed by atoms with E-state index in [4.69, 9.17) is 0 Å². The number of nitro benzene ring substituents is 1. The summed E-state index contributed by atoms with van der Waals surface area (Å²) in [7, 11) is 0. The van der Waals surface area contributed by atoms with Crippen molar-refractivity contribution >= 4 is 5.69 Å². The number of hydrogen-bond acceptors (Lipinski definition) is 3. The molecule has 5 nitrogen and oxygen atoms in total. The van der Waals surface area contributed by atoms with Crippen LogP contribution < -0.4 is 5.32 Å². The van der Waals surface area contributed by atoms with Gasteiger partial charge in [0.05, 0.1) is 4.92 Å². The maximum absolute atomic E-state index is 10.7. The minimum atomic E-state index is -0.364. The van der Waals surface area contributed by atoms with Gasteiger partial charge in [0.2, 0.25) is 0 Å². The van der Waals surface area contributed by atoms with Gasteiger partial charge in [-0.2, -0.15) is 0 Å². The summed E-state index contributed by atoms with van der Waals surface area (Å²) < 4.78 is 2.04. The van der Waals surface area contributed by atoms with E-state index in [0.29, 0.717) is 12.6 Å². The molecule has 2 rings (SSSR count). The minimum absolute atomic E-state index is 0.136. The van der Waals surface area contributed by atoms with E-state index in [2.05, 4.69) is 31.4 Å². The summed E-state index contributed by atoms with van der Waals surface area (Å²) in [6, 6.07) is 9.27. The van der Waals surface area contributed by atoms with Gasteiger partial charge in [-0.15, -0.1) is 0 Å². The van der Waals surface area contributed by atoms with Crippen molar-refractivity contribution in [3.8, 4) is 0 Å². The molecule has 20 heavy (non-hydrogen) atoms. The number of rotatable bonds is 6. The van der Waals surface area contributed by atoms with Gasteiger partial charge in [-0.1, -0.05) is 26.0 Å². The normalized spacial score (nSPS) is 10.9. The van der Waals surface area contributed by atoms with Crippen molar-refractivity contribution < 1.29 is 4.92 Å². The Morgan fingerprint density at radius 1 is 1.30 bits per heavy atom. The molecule has 0 saturated carbocycles. The number of benzene rings is 1. The van der Waals surface area contributed by atoms with Crippen LogP contribution in [0.1, 0.15) is 25.0 Å². The molecular weight excluding hydrogens is 254 g/mol. The van der Waals surface area contributed by atoms with Gasteiger partial charge in [0, 0.05) is 43.7 Å². The van der Waals surface area contributed by atoms with Crippen LogP contribution in [0.5, 0.6) is 0 Å². The van der Waals surface area contributed by atoms with E-state index < -0.39 is 0 Å². The lowest BCUT2D eigenvalue weighted by molar-refractivity contribution is -0.384. The summed E-state index contributed by atoms with van der Waals surface area (Å²) in [6.07, 6.45) is 4.06. The van der Waals surface area contributed by atoms with Crippen molar-refractivity contribution in [1.82, 2.24) is 9.88 Å². The third-order valence-electron chi connectivity index (χ3n) is 3.01. The highest BCUT2D eigenvalue weighted by Crippen LogP contribution is 2.14. The van der Waals surface area contributed by atoms with Crippen LogP contribution >= 0.6 is 0 Å². The first-order valence-corrected chi connectivity index (χ1v) is 6.66. The van der Waals surface area contributed by atoms with E-state index in [9.17, 15) is 10.1 Å². The lowest BCUT2D eigenvalue weighted by atomic mass is 10.2. The first-order valence-electron chi connectivity index (χ1n) is 6.66. The molecule has 1 aromatic carbocycles. The van der Waals surface area contributed by atoms with Gasteiger partial charge in [-0.3, -0.25) is 10.1 Å². The molecule has 2 aromatic rings. The van der Waals surface area contributed by atoms with Gasteiger partial charge in [-0.05, 0) is 17.2 Å². The van der Waals surface area contributed by atoms with Crippen LogP contribution in [0.15, 0.2) is 42.7 Å². The van der Waals surface area contributed by atoms with Crippen LogP contribution in [-0.2, 0) is 13.1 Å². The van der Waals surface area contributed by atoms with Crippen LogP contribution in [-0.4, -0.2) is 15.5 Å². The number of nitrogens with zero attached hydrogens (tertiary/aromatic N) is 2. The third kappa shape index (κ3) is 3.93. The summed E-state index contributed by atoms with van der Waals surface area (Å²) in [5, 5.41) is 14.1. The molecule has 0 fully saturated rings. The highest BCUT2D eigenvalue weighted by molar-refractivity contribution is 5.34. The zero-order valence-corrected chi connectivity index (χ0v) is 11.7. The second-order valence-electron chi connectivity index (χ2n) is 5.15. The number of aromatic nitrogens is 1. The largest absolute Gasteiger partial charge is 0.350 e. The fourth-order valence-electron chi connectivity index (χ4n) is 1.99. The summed E-state index contributed by atoms with van der Waals surface area (Å²) >= 11 is 0. The average molecular weight is 273 g/mol. The number of hydrogen-bond donors (Lipinski definition) is 1. The van der Waals surface area contributed by atoms with Gasteiger partial charge < -0.3 is 9.88 Å². The molecule has 5 heteroatoms. The van der Waals surface area contributed by atoms with Crippen LogP contribution in [0.4, 0.5) is 5.69 Å². The van der Waals surface area contributed by atoms with E-state index in [1.165, 1.54) is 11.6 Å². The Hall–Kier alpha value is -2.14. The molecule has 0 aliphatic rings. The van der Waals surface area contributed by atoms with E-state index in [0.717, 1.165) is 12.1 Å². The molecule has 0 bridgehead atoms. The number of nitrogens with one attached hydrogen (secondary N) is 1. The SMILES string of the molecule is CC(C)NCc1ccn(Cc2cccc([N+](=O)[O-])c2)c1. The molecule has 0 aliphatic heterocycles. The Bertz CT molecular complexity index is 590. The van der Waals surface area contributed by atoms with Crippen LogP contribution in [0, 0.1) is 10.1 Å². The molecule has 0 saturated heterocycles. The highest BCUT2D eigenvalue weighted by atomic mass is 16.6. The molecule has 1 aromatic heterocycles. The van der Waals surface area contributed by atoms with Crippen LogP contribution in [0.25, 0.3) is 0 Å². The fraction of sp³-hybridized carbons (Fsp3) is 0.333. The molecule has 0 aliphatic carbocycles. The predicted molar refractivity (Wildman–Crippen MR) is 78.6 cm³/mol. The zero-order valence-electron chi connectivity index (χ0n) is 11.7. The number of nitro groups is 1. The summed E-state index contributed by atoms with van der Waals surface area (Å²) in [5.74, 6) is 0. The van der Waals surface area contributed by atoms with Gasteiger partial charge >= 0.3 is 0 Å². The van der Waals surface area contributed by atoms with Crippen molar-refractivity contribution in [3.63, 3.8) is 0 Å². The van der Waals surface area contributed by atoms with Gasteiger partial charge in [0.25, 0.3) is 5.69 Å². The molecule has 0 atom stereocenters. The Morgan fingerprint density at radius 3 is 2.80 bits per heavy atom. The van der Waals surface area contributed by atoms with Crippen molar-refractivity contribution in [1.29, 1.82) is 0 Å². The molecule has 106 valence electrons. The van der Waals surface area contributed by atoms with Gasteiger partial charge in [0.1, 0.15) is 0 Å². The molecular formula is C15H19N3O2. The summed E-state index contributed by atoms with van der Waals surface area (Å²) in [5.41, 5.74) is 2.28. The third-order valence-corrected chi connectivity index (χ3v) is 3.01. The zero-order chi connectivity index (χ0) is 14.5. The first kappa shape index (κ1) is 14.3. The average Bonchev–Trinajstić information content (AvgIpc) is 2.84. The first-order chi connectivity index (χ1) is 9.54. The van der Waals surface area contributed by atoms with Gasteiger partial charge in [0.15, 0.2) is 0 Å². The summed E-state index contributed by atoms with van der Waals surface area (Å²) in [4.78, 5) is 10.4. The monoisotopic (exact) mass is 273 g/mol. The van der Waals surface area contributed by atoms with E-state index in [1.807, 2.05) is 16.8 Å². The maximum atomic E-state index is 10.7. The minimum Gasteiger partial charge on any atom is -0.350 e. The maximum Gasteiger partial charge on any atom is 0.269 e. The molecule has 0 amide bonds. The standard InChI is InChI=1S/C15H19N3O2/c1-12(2)16-9-14-6-7-17(11-14)10-13-4-3-5-15(8-13)18(19)20/h3-8,11-12,16H,9-10H2,1-2H3. The fourth-order valence-corrected chi connectivity index (χ4v) is 1.99. The summed E-state index contributed by atoms with van der Waals surface area (Å²) in [6.45, 7) is 5.70. The Morgan fingerprint density at radius 2 is 2.10 bits per heavy atom. The Labute approximate surface area is 118 Å². The van der Waals surface area contributed by atoms with Crippen LogP contribution in [0.2, 0.25) is 0 Å². The van der Waals surface area contributed by atoms with Crippen molar-refractivity contribution in [2.45, 2.75) is 33.0 Å². The topological polar surface area (TPSA) is 60.1 Å². The molecule has 1 N–H and O–H groups in total. The van der Waals surface area contributed by atoms with Crippen molar-refractivity contribution in [3.05, 3.63) is 64.0 Å². The number of non-ortho nitro benzene ring substituents is 1. The second-order valence-corrected chi connectivity index (χ2v) is 5.15. The second kappa shape index (κ2) is 6.34. The van der Waals surface area contributed by atoms with E-state index in [1.54, 1.807) is 12.1 Å². The van der Waals surface area contributed by atoms with Crippen molar-refractivity contribution in [2.24, 2.45) is 0 Å². The molecule has 1 heterocycles. The van der Waals surface area contributed by atoms with E-state index in [-0.39, 0.29) is 10.6 Å². The predicted octanol–water partition coefficient (Wildman–Crippen LogP) is 2.94. The van der Waals surface area contributed by atoms with Crippen LogP contribution in [0.3, 0.4) is 0 Å². The Balaban J connectivity index is 2.03. The quantitative estimate of drug-likeness (QED) is 0.650. The lowest BCUT2D eigenvalue weighted by Crippen LogP contribution is -2.21. The lowest BCUT2D eigenvalue weighted by Gasteiger charge is -2.06. The van der Waals surface area contributed by atoms with Gasteiger partial charge in [-0.25, -0.2) is 0 Å². The van der Waals surface area contributed by atoms with E-state index >= 15 is 0 Å².